The van der Waals surface area contributed by atoms with E-state index >= 15 is 0 Å². The van der Waals surface area contributed by atoms with Gasteiger partial charge in [-0.1, -0.05) is 24.6 Å². The Morgan fingerprint density at radius 3 is 3.06 bits per heavy atom. The van der Waals surface area contributed by atoms with E-state index < -0.39 is 6.04 Å². The molecular formula is C14H14N2O2. The first-order valence-electron chi connectivity index (χ1n) is 5.60. The van der Waals surface area contributed by atoms with Gasteiger partial charge in [0.15, 0.2) is 0 Å². The summed E-state index contributed by atoms with van der Waals surface area (Å²) in [5.41, 5.74) is 2.07. The Hall–Kier alpha value is -2.41. The van der Waals surface area contributed by atoms with E-state index in [1.54, 1.807) is 0 Å². The van der Waals surface area contributed by atoms with Gasteiger partial charge in [-0.15, -0.1) is 0 Å². The van der Waals surface area contributed by atoms with Crippen molar-refractivity contribution in [1.82, 2.24) is 10.3 Å². The molecule has 4 nitrogen and oxygen atoms in total. The molecule has 0 spiro atoms. The van der Waals surface area contributed by atoms with Gasteiger partial charge in [0.1, 0.15) is 6.04 Å². The first-order valence-corrected chi connectivity index (χ1v) is 5.60. The number of ether oxygens (including phenoxy) is 1. The highest BCUT2D eigenvalue weighted by atomic mass is 16.5. The van der Waals surface area contributed by atoms with Crippen molar-refractivity contribution in [1.29, 1.82) is 0 Å². The van der Waals surface area contributed by atoms with Gasteiger partial charge < -0.3 is 15.0 Å². The molecule has 0 aliphatic rings. The third-order valence-corrected chi connectivity index (χ3v) is 2.84. The predicted octanol–water partition coefficient (Wildman–Crippen LogP) is 1.43. The number of esters is 1. The van der Waals surface area contributed by atoms with E-state index in [1.165, 1.54) is 7.11 Å². The largest absolute Gasteiger partial charge is 0.467 e. The van der Waals surface area contributed by atoms with E-state index in [4.69, 9.17) is 11.2 Å². The highest BCUT2D eigenvalue weighted by Crippen LogP contribution is 2.19. The van der Waals surface area contributed by atoms with Crippen molar-refractivity contribution in [3.8, 4) is 12.5 Å². The van der Waals surface area contributed by atoms with Gasteiger partial charge >= 0.3 is 5.97 Å². The second kappa shape index (κ2) is 5.28. The minimum atomic E-state index is -0.529. The number of fused-ring (bicyclic) bond motifs is 1. The molecule has 0 fully saturated rings. The maximum Gasteiger partial charge on any atom is 0.329 e. The van der Waals surface area contributed by atoms with Gasteiger partial charge in [-0.2, -0.15) is 0 Å². The van der Waals surface area contributed by atoms with Crippen molar-refractivity contribution >= 4 is 16.9 Å². The number of benzene rings is 1. The summed E-state index contributed by atoms with van der Waals surface area (Å²) in [7, 11) is 1.35. The number of nitrogens with one attached hydrogen (secondary N) is 2. The highest BCUT2D eigenvalue weighted by Gasteiger charge is 2.19. The molecule has 1 unspecified atom stereocenters. The fourth-order valence-electron chi connectivity index (χ4n) is 1.96. The van der Waals surface area contributed by atoms with Gasteiger partial charge in [-0.05, 0) is 11.6 Å². The van der Waals surface area contributed by atoms with Crippen molar-refractivity contribution in [2.24, 2.45) is 0 Å². The lowest BCUT2D eigenvalue weighted by molar-refractivity contribution is -0.142. The molecule has 1 aromatic heterocycles. The third-order valence-electron chi connectivity index (χ3n) is 2.84. The minimum absolute atomic E-state index is 0.363. The molecule has 2 rings (SSSR count). The molecule has 18 heavy (non-hydrogen) atoms. The molecular weight excluding hydrogens is 228 g/mol. The van der Waals surface area contributed by atoms with Crippen LogP contribution in [0.1, 0.15) is 5.56 Å². The number of methoxy groups -OCH3 is 1. The second-order valence-electron chi connectivity index (χ2n) is 3.93. The molecule has 2 aromatic rings. The molecule has 0 bridgehead atoms. The van der Waals surface area contributed by atoms with Gasteiger partial charge in [0.2, 0.25) is 0 Å². The third kappa shape index (κ3) is 2.30. The molecule has 1 heterocycles. The van der Waals surface area contributed by atoms with Crippen LogP contribution in [0.2, 0.25) is 0 Å². The van der Waals surface area contributed by atoms with E-state index in [9.17, 15) is 4.79 Å². The predicted molar refractivity (Wildman–Crippen MR) is 69.8 cm³/mol. The molecule has 1 aromatic carbocycles. The summed E-state index contributed by atoms with van der Waals surface area (Å²) in [5, 5.41) is 3.76. The van der Waals surface area contributed by atoms with E-state index in [0.29, 0.717) is 6.42 Å². The zero-order valence-corrected chi connectivity index (χ0v) is 10.1. The Labute approximate surface area is 105 Å². The molecule has 0 radical (unpaired) electrons. The van der Waals surface area contributed by atoms with E-state index in [-0.39, 0.29) is 5.97 Å². The lowest BCUT2D eigenvalue weighted by Gasteiger charge is -2.12. The van der Waals surface area contributed by atoms with Gasteiger partial charge in [0, 0.05) is 29.6 Å². The summed E-state index contributed by atoms with van der Waals surface area (Å²) in [4.78, 5) is 14.7. The molecule has 0 saturated carbocycles. The number of rotatable bonds is 4. The van der Waals surface area contributed by atoms with Crippen molar-refractivity contribution in [3.05, 3.63) is 36.0 Å². The average molecular weight is 242 g/mol. The second-order valence-corrected chi connectivity index (χ2v) is 3.93. The van der Waals surface area contributed by atoms with Crippen LogP contribution in [0.3, 0.4) is 0 Å². The van der Waals surface area contributed by atoms with Crippen LogP contribution in [-0.4, -0.2) is 24.1 Å². The quantitative estimate of drug-likeness (QED) is 0.484. The summed E-state index contributed by atoms with van der Waals surface area (Å²) in [6, 6.07) is 9.66. The first-order chi connectivity index (χ1) is 8.76. The van der Waals surface area contributed by atoms with Crippen LogP contribution >= 0.6 is 0 Å². The smallest absolute Gasteiger partial charge is 0.329 e. The lowest BCUT2D eigenvalue weighted by atomic mass is 10.1. The maximum atomic E-state index is 11.6. The summed E-state index contributed by atoms with van der Waals surface area (Å²) in [5.74, 6) is -0.363. The normalized spacial score (nSPS) is 11.8. The number of hydrogen-bond acceptors (Lipinski definition) is 3. The Morgan fingerprint density at radius 2 is 2.33 bits per heavy atom. The van der Waals surface area contributed by atoms with Gasteiger partial charge in [-0.25, -0.2) is 4.79 Å². The number of para-hydroxylation sites is 1. The van der Waals surface area contributed by atoms with Gasteiger partial charge in [-0.3, -0.25) is 0 Å². The molecule has 0 saturated heterocycles. The van der Waals surface area contributed by atoms with Crippen molar-refractivity contribution in [3.63, 3.8) is 0 Å². The molecule has 4 heteroatoms. The molecule has 0 amide bonds. The zero-order chi connectivity index (χ0) is 13.0. The van der Waals surface area contributed by atoms with Crippen molar-refractivity contribution in [2.75, 3.05) is 7.11 Å². The van der Waals surface area contributed by atoms with E-state index in [1.807, 2.05) is 30.5 Å². The van der Waals surface area contributed by atoms with Crippen LogP contribution in [0, 0.1) is 12.5 Å². The number of hydrogen-bond donors (Lipinski definition) is 2. The van der Waals surface area contributed by atoms with Gasteiger partial charge in [0.05, 0.1) is 7.11 Å². The number of aromatic nitrogens is 1. The summed E-state index contributed by atoms with van der Waals surface area (Å²) in [6.07, 6.45) is 7.56. The maximum absolute atomic E-state index is 11.6. The molecule has 2 N–H and O–H groups in total. The molecule has 0 aliphatic carbocycles. The Morgan fingerprint density at radius 1 is 1.56 bits per heavy atom. The van der Waals surface area contributed by atoms with E-state index in [0.717, 1.165) is 16.5 Å². The lowest BCUT2D eigenvalue weighted by Crippen LogP contribution is -2.36. The number of aromatic amines is 1. The fraction of sp³-hybridized carbons (Fsp3) is 0.214. The SMILES string of the molecule is C#CNC(Cc1c[nH]c2ccccc12)C(=O)OC. The number of H-pyrrole nitrogens is 1. The summed E-state index contributed by atoms with van der Waals surface area (Å²) >= 11 is 0. The van der Waals surface area contributed by atoms with Crippen molar-refractivity contribution in [2.45, 2.75) is 12.5 Å². The van der Waals surface area contributed by atoms with E-state index in [2.05, 4.69) is 16.3 Å². The number of carbonyl (C=O) groups excluding carboxylic acids is 1. The van der Waals surface area contributed by atoms with Crippen LogP contribution in [0.15, 0.2) is 30.5 Å². The average Bonchev–Trinajstić information content (AvgIpc) is 2.81. The fourth-order valence-corrected chi connectivity index (χ4v) is 1.96. The summed E-state index contributed by atoms with van der Waals surface area (Å²) < 4.78 is 4.72. The van der Waals surface area contributed by atoms with Crippen LogP contribution in [0.25, 0.3) is 10.9 Å². The number of terminal acetylenes is 1. The van der Waals surface area contributed by atoms with Crippen molar-refractivity contribution < 1.29 is 9.53 Å². The van der Waals surface area contributed by atoms with Crippen LogP contribution in [-0.2, 0) is 16.0 Å². The highest BCUT2D eigenvalue weighted by molar-refractivity contribution is 5.84. The molecule has 92 valence electrons. The summed E-state index contributed by atoms with van der Waals surface area (Å²) in [6.45, 7) is 0. The Kier molecular flexibility index (Phi) is 3.54. The van der Waals surface area contributed by atoms with Crippen LogP contribution < -0.4 is 5.32 Å². The zero-order valence-electron chi connectivity index (χ0n) is 10.1. The Balaban J connectivity index is 2.26. The number of carbonyl (C=O) groups is 1. The Bertz CT molecular complexity index is 595. The minimum Gasteiger partial charge on any atom is -0.467 e. The first kappa shape index (κ1) is 12.1. The van der Waals surface area contributed by atoms with Crippen LogP contribution in [0.4, 0.5) is 0 Å². The monoisotopic (exact) mass is 242 g/mol. The van der Waals surface area contributed by atoms with Crippen LogP contribution in [0.5, 0.6) is 0 Å². The van der Waals surface area contributed by atoms with Gasteiger partial charge in [0.25, 0.3) is 0 Å². The molecule has 0 aliphatic heterocycles. The molecule has 1 atom stereocenters. The topological polar surface area (TPSA) is 54.1 Å². The standard InChI is InChI=1S/C14H14N2O2/c1-3-15-13(14(17)18-2)8-10-9-16-12-7-5-4-6-11(10)12/h1,4-7,9,13,15-16H,8H2,2H3.